The quantitative estimate of drug-likeness (QED) is 0.385. The fourth-order valence-electron chi connectivity index (χ4n) is 3.69. The lowest BCUT2D eigenvalue weighted by Gasteiger charge is -2.30. The van der Waals surface area contributed by atoms with Gasteiger partial charge in [-0.3, -0.25) is 4.79 Å². The fraction of sp³-hybridized carbons (Fsp3) is 0.333. The molecule has 1 N–H and O–H groups in total. The minimum atomic E-state index is -1.08. The Bertz CT molecular complexity index is 1200. The van der Waals surface area contributed by atoms with E-state index < -0.39 is 17.7 Å². The number of benzene rings is 2. The molecule has 3 rings (SSSR count). The second kappa shape index (κ2) is 12.8. The summed E-state index contributed by atoms with van der Waals surface area (Å²) in [5.41, 5.74) is 1.02. The molecular formula is C27H31F2N3O5. The number of carbonyl (C=O) groups is 2. The minimum Gasteiger partial charge on any atom is -0.493 e. The highest BCUT2D eigenvalue weighted by molar-refractivity contribution is 5.92. The van der Waals surface area contributed by atoms with Crippen molar-refractivity contribution in [1.29, 1.82) is 0 Å². The number of nitrogens with zero attached hydrogens (tertiary/aromatic N) is 2. The highest BCUT2D eigenvalue weighted by Gasteiger charge is 2.24. The molecule has 0 saturated carbocycles. The Morgan fingerprint density at radius 3 is 2.38 bits per heavy atom. The van der Waals surface area contributed by atoms with Gasteiger partial charge in [-0.05, 0) is 62.2 Å². The summed E-state index contributed by atoms with van der Waals surface area (Å²) in [7, 11) is 3.12. The molecule has 0 aliphatic carbocycles. The molecule has 0 radical (unpaired) electrons. The first-order chi connectivity index (χ1) is 17.7. The molecule has 1 aromatic heterocycles. The van der Waals surface area contributed by atoms with Crippen LogP contribution >= 0.6 is 0 Å². The van der Waals surface area contributed by atoms with E-state index in [-0.39, 0.29) is 30.7 Å². The first-order valence-electron chi connectivity index (χ1n) is 11.8. The third kappa shape index (κ3) is 7.45. The first kappa shape index (κ1) is 27.5. The maximum atomic E-state index is 13.6. The van der Waals surface area contributed by atoms with E-state index in [2.05, 4.69) is 5.32 Å². The number of hydrogen-bond donors (Lipinski definition) is 1. The van der Waals surface area contributed by atoms with Crippen LogP contribution in [0.1, 0.15) is 25.2 Å². The molecule has 3 aromatic rings. The molecule has 0 saturated heterocycles. The van der Waals surface area contributed by atoms with E-state index in [1.165, 1.54) is 17.2 Å². The molecule has 0 atom stereocenters. The third-order valence-corrected chi connectivity index (χ3v) is 5.76. The third-order valence-electron chi connectivity index (χ3n) is 5.76. The SMILES string of the molecule is COc1ccc(CCN(Cc2ccco2)C(=O)CN(C(=O)Nc2ccc(F)c(F)c2)C(C)C)cc1OC. The molecule has 2 aromatic carbocycles. The Labute approximate surface area is 214 Å². The Morgan fingerprint density at radius 2 is 1.76 bits per heavy atom. The molecular weight excluding hydrogens is 484 g/mol. The number of hydrogen-bond acceptors (Lipinski definition) is 5. The summed E-state index contributed by atoms with van der Waals surface area (Å²) in [5, 5.41) is 2.53. The summed E-state index contributed by atoms with van der Waals surface area (Å²) < 4.78 is 42.9. The van der Waals surface area contributed by atoms with Crippen molar-refractivity contribution in [3.8, 4) is 11.5 Å². The van der Waals surface area contributed by atoms with Crippen LogP contribution in [0.3, 0.4) is 0 Å². The van der Waals surface area contributed by atoms with Crippen LogP contribution in [0.15, 0.2) is 59.2 Å². The van der Waals surface area contributed by atoms with Crippen molar-refractivity contribution >= 4 is 17.6 Å². The lowest BCUT2D eigenvalue weighted by Crippen LogP contribution is -2.47. The number of halogens is 2. The van der Waals surface area contributed by atoms with Crippen LogP contribution in [0.4, 0.5) is 19.3 Å². The average Bonchev–Trinajstić information content (AvgIpc) is 3.39. The van der Waals surface area contributed by atoms with Crippen molar-refractivity contribution in [2.24, 2.45) is 0 Å². The summed E-state index contributed by atoms with van der Waals surface area (Å²) in [6, 6.07) is 11.2. The van der Waals surface area contributed by atoms with Gasteiger partial charge in [0, 0.05) is 24.3 Å². The number of rotatable bonds is 11. The molecule has 198 valence electrons. The zero-order valence-electron chi connectivity index (χ0n) is 21.3. The summed E-state index contributed by atoms with van der Waals surface area (Å²) in [6.07, 6.45) is 2.05. The molecule has 1 heterocycles. The van der Waals surface area contributed by atoms with Crippen LogP contribution in [0, 0.1) is 11.6 Å². The number of amides is 3. The number of nitrogens with one attached hydrogen (secondary N) is 1. The summed E-state index contributed by atoms with van der Waals surface area (Å²) in [6.45, 7) is 3.87. The van der Waals surface area contributed by atoms with E-state index in [1.54, 1.807) is 51.2 Å². The predicted octanol–water partition coefficient (Wildman–Crippen LogP) is 5.09. The molecule has 0 fully saturated rings. The Kier molecular flexibility index (Phi) is 9.48. The topological polar surface area (TPSA) is 84.2 Å². The highest BCUT2D eigenvalue weighted by Crippen LogP contribution is 2.28. The van der Waals surface area contributed by atoms with Gasteiger partial charge in [-0.2, -0.15) is 0 Å². The van der Waals surface area contributed by atoms with E-state index in [0.717, 1.165) is 17.7 Å². The molecule has 0 aliphatic rings. The number of urea groups is 1. The molecule has 8 nitrogen and oxygen atoms in total. The van der Waals surface area contributed by atoms with Crippen LogP contribution in [0.2, 0.25) is 0 Å². The van der Waals surface area contributed by atoms with Crippen molar-refractivity contribution in [1.82, 2.24) is 9.80 Å². The molecule has 0 unspecified atom stereocenters. The second-order valence-corrected chi connectivity index (χ2v) is 8.61. The Hall–Kier alpha value is -4.08. The molecule has 37 heavy (non-hydrogen) atoms. The van der Waals surface area contributed by atoms with Crippen LogP contribution < -0.4 is 14.8 Å². The number of methoxy groups -OCH3 is 2. The van der Waals surface area contributed by atoms with Gasteiger partial charge in [-0.15, -0.1) is 0 Å². The van der Waals surface area contributed by atoms with Crippen molar-refractivity contribution in [2.45, 2.75) is 32.9 Å². The van der Waals surface area contributed by atoms with Crippen LogP contribution in [-0.2, 0) is 17.8 Å². The smallest absolute Gasteiger partial charge is 0.322 e. The normalized spacial score (nSPS) is 10.8. The molecule has 0 spiro atoms. The second-order valence-electron chi connectivity index (χ2n) is 8.61. The van der Waals surface area contributed by atoms with Gasteiger partial charge in [0.25, 0.3) is 0 Å². The van der Waals surface area contributed by atoms with E-state index >= 15 is 0 Å². The van der Waals surface area contributed by atoms with Gasteiger partial charge < -0.3 is 29.0 Å². The van der Waals surface area contributed by atoms with Crippen molar-refractivity contribution in [2.75, 3.05) is 32.6 Å². The molecule has 0 bridgehead atoms. The summed E-state index contributed by atoms with van der Waals surface area (Å²) >= 11 is 0. The van der Waals surface area contributed by atoms with E-state index in [0.29, 0.717) is 30.2 Å². The van der Waals surface area contributed by atoms with Gasteiger partial charge in [0.05, 0.1) is 27.0 Å². The zero-order chi connectivity index (χ0) is 26.9. The largest absolute Gasteiger partial charge is 0.493 e. The predicted molar refractivity (Wildman–Crippen MR) is 135 cm³/mol. The number of anilines is 1. The van der Waals surface area contributed by atoms with Crippen LogP contribution in [0.25, 0.3) is 0 Å². The molecule has 3 amide bonds. The first-order valence-corrected chi connectivity index (χ1v) is 11.8. The highest BCUT2D eigenvalue weighted by atomic mass is 19.2. The maximum Gasteiger partial charge on any atom is 0.322 e. The maximum absolute atomic E-state index is 13.6. The number of ether oxygens (including phenoxy) is 2. The average molecular weight is 516 g/mol. The molecule has 0 aliphatic heterocycles. The zero-order valence-corrected chi connectivity index (χ0v) is 21.3. The summed E-state index contributed by atoms with van der Waals surface area (Å²) in [5.74, 6) is -0.603. The van der Waals surface area contributed by atoms with E-state index in [9.17, 15) is 18.4 Å². The van der Waals surface area contributed by atoms with Gasteiger partial charge in [0.2, 0.25) is 5.91 Å². The Morgan fingerprint density at radius 1 is 1.00 bits per heavy atom. The van der Waals surface area contributed by atoms with Crippen LogP contribution in [-0.4, -0.2) is 55.1 Å². The lowest BCUT2D eigenvalue weighted by atomic mass is 10.1. The minimum absolute atomic E-state index is 0.0860. The van der Waals surface area contributed by atoms with E-state index in [4.69, 9.17) is 13.9 Å². The van der Waals surface area contributed by atoms with Gasteiger partial charge in [0.15, 0.2) is 23.1 Å². The van der Waals surface area contributed by atoms with Gasteiger partial charge >= 0.3 is 6.03 Å². The van der Waals surface area contributed by atoms with Crippen molar-refractivity contribution in [3.63, 3.8) is 0 Å². The van der Waals surface area contributed by atoms with Gasteiger partial charge in [-0.25, -0.2) is 13.6 Å². The van der Waals surface area contributed by atoms with Crippen molar-refractivity contribution < 1.29 is 32.3 Å². The standard InChI is InChI=1S/C27H31F2N3O5/c1-18(2)32(27(34)30-20-8-9-22(28)23(29)15-20)17-26(33)31(16-21-6-5-13-37-21)12-11-19-7-10-24(35-3)25(14-19)36-4/h5-10,13-15,18H,11-12,16-17H2,1-4H3,(H,30,34). The van der Waals surface area contributed by atoms with Crippen LogP contribution in [0.5, 0.6) is 11.5 Å². The number of carbonyl (C=O) groups excluding carboxylic acids is 2. The summed E-state index contributed by atoms with van der Waals surface area (Å²) in [4.78, 5) is 29.2. The molecule has 10 heteroatoms. The lowest BCUT2D eigenvalue weighted by molar-refractivity contribution is -0.133. The number of furan rings is 1. The Balaban J connectivity index is 1.73. The van der Waals surface area contributed by atoms with Gasteiger partial charge in [-0.1, -0.05) is 6.07 Å². The van der Waals surface area contributed by atoms with E-state index in [1.807, 2.05) is 12.1 Å². The van der Waals surface area contributed by atoms with Crippen molar-refractivity contribution in [3.05, 3.63) is 77.8 Å². The van der Waals surface area contributed by atoms with Gasteiger partial charge in [0.1, 0.15) is 12.3 Å². The monoisotopic (exact) mass is 515 g/mol. The fourth-order valence-corrected chi connectivity index (χ4v) is 3.69.